The van der Waals surface area contributed by atoms with Crippen LogP contribution in [-0.4, -0.2) is 22.8 Å². The van der Waals surface area contributed by atoms with Crippen molar-refractivity contribution in [2.24, 2.45) is 17.8 Å². The molecule has 4 heteroatoms. The fraction of sp³-hybridized carbons (Fsp3) is 0.583. The van der Waals surface area contributed by atoms with Crippen molar-refractivity contribution in [1.82, 2.24) is 4.98 Å². The molecule has 3 nitrogen and oxygen atoms in total. The Balaban J connectivity index is 1.67. The van der Waals surface area contributed by atoms with E-state index < -0.39 is 0 Å². The van der Waals surface area contributed by atoms with Gasteiger partial charge < -0.3 is 4.74 Å². The molecule has 1 saturated carbocycles. The number of nitrogens with zero attached hydrogens (tertiary/aromatic N) is 1. The molecule has 1 aromatic heterocycles. The summed E-state index contributed by atoms with van der Waals surface area (Å²) in [5, 5.41) is 2.09. The molecule has 0 N–H and O–H groups in total. The first-order chi connectivity index (χ1) is 13.2. The lowest BCUT2D eigenvalue weighted by Crippen LogP contribution is -2.36. The summed E-state index contributed by atoms with van der Waals surface area (Å²) in [6, 6.07) is 6.43. The van der Waals surface area contributed by atoms with Gasteiger partial charge in [0, 0.05) is 5.39 Å². The quantitative estimate of drug-likeness (QED) is 0.440. The maximum atomic E-state index is 12.5. The summed E-state index contributed by atoms with van der Waals surface area (Å²) in [4.78, 5) is 17.4. The van der Waals surface area contributed by atoms with Crippen molar-refractivity contribution < 1.29 is 9.53 Å². The number of aryl methyl sites for hydroxylation is 3. The van der Waals surface area contributed by atoms with E-state index in [0.29, 0.717) is 23.5 Å². The number of thioether (sulfide) groups is 1. The van der Waals surface area contributed by atoms with E-state index in [1.54, 1.807) is 0 Å². The van der Waals surface area contributed by atoms with Crippen LogP contribution < -0.4 is 0 Å². The zero-order valence-electron chi connectivity index (χ0n) is 18.0. The van der Waals surface area contributed by atoms with E-state index >= 15 is 0 Å². The van der Waals surface area contributed by atoms with Crippen molar-refractivity contribution in [2.45, 2.75) is 71.9 Å². The van der Waals surface area contributed by atoms with E-state index in [1.165, 1.54) is 40.3 Å². The maximum Gasteiger partial charge on any atom is 0.316 e. The molecular formula is C24H33NO2S. The Morgan fingerprint density at radius 1 is 1.18 bits per heavy atom. The lowest BCUT2D eigenvalue weighted by molar-refractivity contribution is -0.152. The van der Waals surface area contributed by atoms with E-state index in [2.05, 4.69) is 59.7 Å². The van der Waals surface area contributed by atoms with Gasteiger partial charge in [-0.1, -0.05) is 50.6 Å². The van der Waals surface area contributed by atoms with Crippen LogP contribution in [0.2, 0.25) is 0 Å². The van der Waals surface area contributed by atoms with Gasteiger partial charge in [0.1, 0.15) is 6.10 Å². The molecule has 1 aliphatic rings. The Morgan fingerprint density at radius 2 is 1.93 bits per heavy atom. The van der Waals surface area contributed by atoms with Crippen LogP contribution in [0, 0.1) is 38.5 Å². The molecule has 3 atom stereocenters. The number of esters is 1. The largest absolute Gasteiger partial charge is 0.461 e. The first-order valence-corrected chi connectivity index (χ1v) is 11.4. The molecule has 1 aliphatic carbocycles. The van der Waals surface area contributed by atoms with Crippen LogP contribution in [0.5, 0.6) is 0 Å². The Hall–Kier alpha value is -1.55. The fourth-order valence-corrected chi connectivity index (χ4v) is 5.22. The molecule has 1 aromatic carbocycles. The number of hydrogen-bond donors (Lipinski definition) is 0. The first kappa shape index (κ1) is 21.2. The highest BCUT2D eigenvalue weighted by molar-refractivity contribution is 7.99. The average molecular weight is 400 g/mol. The Kier molecular flexibility index (Phi) is 6.69. The molecule has 0 amide bonds. The van der Waals surface area contributed by atoms with Gasteiger partial charge in [0.05, 0.1) is 16.3 Å². The molecule has 0 radical (unpaired) electrons. The molecule has 3 rings (SSSR count). The fourth-order valence-electron chi connectivity index (χ4n) is 4.47. The number of hydrogen-bond acceptors (Lipinski definition) is 4. The Labute approximate surface area is 173 Å². The van der Waals surface area contributed by atoms with Crippen LogP contribution in [0.25, 0.3) is 10.9 Å². The van der Waals surface area contributed by atoms with Gasteiger partial charge >= 0.3 is 5.97 Å². The lowest BCUT2D eigenvalue weighted by Gasteiger charge is -2.36. The second kappa shape index (κ2) is 8.86. The minimum absolute atomic E-state index is 0.0633. The zero-order valence-corrected chi connectivity index (χ0v) is 18.9. The maximum absolute atomic E-state index is 12.5. The van der Waals surface area contributed by atoms with Gasteiger partial charge in [0.15, 0.2) is 0 Å². The molecule has 0 aliphatic heterocycles. The van der Waals surface area contributed by atoms with E-state index in [0.717, 1.165) is 23.4 Å². The number of pyridine rings is 1. The molecule has 0 unspecified atom stereocenters. The molecule has 152 valence electrons. The van der Waals surface area contributed by atoms with Gasteiger partial charge in [0.2, 0.25) is 0 Å². The highest BCUT2D eigenvalue weighted by atomic mass is 32.2. The highest BCUT2D eigenvalue weighted by Gasteiger charge is 2.33. The number of rotatable bonds is 5. The topological polar surface area (TPSA) is 39.2 Å². The number of carbonyl (C=O) groups excluding carboxylic acids is 1. The average Bonchev–Trinajstić information content (AvgIpc) is 2.60. The predicted octanol–water partition coefficient (Wildman–Crippen LogP) is 6.26. The molecule has 28 heavy (non-hydrogen) atoms. The summed E-state index contributed by atoms with van der Waals surface area (Å²) in [6.07, 6.45) is 3.46. The minimum atomic E-state index is -0.116. The number of ether oxygens (including phenoxy) is 1. The van der Waals surface area contributed by atoms with Crippen LogP contribution >= 0.6 is 11.8 Å². The molecule has 1 fully saturated rings. The Morgan fingerprint density at radius 3 is 2.64 bits per heavy atom. The van der Waals surface area contributed by atoms with Crippen LogP contribution in [0.4, 0.5) is 0 Å². The van der Waals surface area contributed by atoms with Gasteiger partial charge in [-0.15, -0.1) is 0 Å². The summed E-state index contributed by atoms with van der Waals surface area (Å²) in [7, 11) is 0. The van der Waals surface area contributed by atoms with Crippen LogP contribution in [0.1, 0.15) is 56.7 Å². The van der Waals surface area contributed by atoms with Gasteiger partial charge in [0.25, 0.3) is 0 Å². The molecule has 1 heterocycles. The van der Waals surface area contributed by atoms with Crippen molar-refractivity contribution in [3.8, 4) is 0 Å². The highest BCUT2D eigenvalue weighted by Crippen LogP contribution is 2.35. The van der Waals surface area contributed by atoms with Gasteiger partial charge in [-0.3, -0.25) is 4.79 Å². The van der Waals surface area contributed by atoms with Crippen molar-refractivity contribution in [3.05, 3.63) is 34.9 Å². The molecule has 0 saturated heterocycles. The zero-order chi connectivity index (χ0) is 20.4. The Bertz CT molecular complexity index is 861. The number of carbonyl (C=O) groups is 1. The first-order valence-electron chi connectivity index (χ1n) is 10.5. The number of aromatic nitrogens is 1. The van der Waals surface area contributed by atoms with Gasteiger partial charge in [-0.05, 0) is 74.6 Å². The molecular weight excluding hydrogens is 366 g/mol. The van der Waals surface area contributed by atoms with Crippen molar-refractivity contribution in [2.75, 3.05) is 5.75 Å². The SMILES string of the molecule is Cc1cc(C)c2nc(SCC(=O)O[C@@H]3C[C@H](C)CC[C@@H]3C(C)C)cc(C)c2c1. The van der Waals surface area contributed by atoms with Crippen molar-refractivity contribution in [3.63, 3.8) is 0 Å². The summed E-state index contributed by atoms with van der Waals surface area (Å²) in [6.45, 7) is 13.1. The minimum Gasteiger partial charge on any atom is -0.461 e. The third kappa shape index (κ3) is 4.89. The second-order valence-electron chi connectivity index (χ2n) is 8.90. The summed E-state index contributed by atoms with van der Waals surface area (Å²) >= 11 is 1.48. The van der Waals surface area contributed by atoms with Gasteiger partial charge in [-0.2, -0.15) is 0 Å². The number of fused-ring (bicyclic) bond motifs is 1. The van der Waals surface area contributed by atoms with E-state index in [-0.39, 0.29) is 12.1 Å². The van der Waals surface area contributed by atoms with E-state index in [9.17, 15) is 4.79 Å². The monoisotopic (exact) mass is 399 g/mol. The van der Waals surface area contributed by atoms with Gasteiger partial charge in [-0.25, -0.2) is 4.98 Å². The van der Waals surface area contributed by atoms with E-state index in [4.69, 9.17) is 9.72 Å². The third-order valence-corrected chi connectivity index (χ3v) is 6.90. The summed E-state index contributed by atoms with van der Waals surface area (Å²) in [5.74, 6) is 1.87. The third-order valence-electron chi connectivity index (χ3n) is 6.01. The lowest BCUT2D eigenvalue weighted by atomic mass is 9.75. The van der Waals surface area contributed by atoms with Crippen LogP contribution in [0.15, 0.2) is 23.2 Å². The smallest absolute Gasteiger partial charge is 0.316 e. The van der Waals surface area contributed by atoms with Crippen LogP contribution in [-0.2, 0) is 9.53 Å². The second-order valence-corrected chi connectivity index (χ2v) is 9.89. The number of benzene rings is 1. The molecule has 0 bridgehead atoms. The van der Waals surface area contributed by atoms with Crippen LogP contribution in [0.3, 0.4) is 0 Å². The van der Waals surface area contributed by atoms with Crippen molar-refractivity contribution in [1.29, 1.82) is 0 Å². The normalized spacial score (nSPS) is 22.6. The standard InChI is InChI=1S/C24H33NO2S/c1-14(2)19-8-7-15(3)11-21(19)27-23(26)13-28-22-12-17(5)20-10-16(4)9-18(6)24(20)25-22/h9-10,12,14-15,19,21H,7-8,11,13H2,1-6H3/t15-,19-,21-/m1/s1. The molecule has 2 aromatic rings. The summed E-state index contributed by atoms with van der Waals surface area (Å²) in [5.41, 5.74) is 4.66. The van der Waals surface area contributed by atoms with E-state index in [1.807, 2.05) is 0 Å². The molecule has 0 spiro atoms. The predicted molar refractivity (Wildman–Crippen MR) is 118 cm³/mol. The van der Waals surface area contributed by atoms with Crippen molar-refractivity contribution >= 4 is 28.6 Å². The summed E-state index contributed by atoms with van der Waals surface area (Å²) < 4.78 is 5.93.